The van der Waals surface area contributed by atoms with Crippen molar-refractivity contribution in [1.29, 1.82) is 0 Å². The summed E-state index contributed by atoms with van der Waals surface area (Å²) >= 11 is 0. The molecule has 1 aliphatic carbocycles. The van der Waals surface area contributed by atoms with E-state index in [1.165, 1.54) is 21.1 Å². The molecular weight excluding hydrogens is 260 g/mol. The molecule has 0 N–H and O–H groups in total. The summed E-state index contributed by atoms with van der Waals surface area (Å²) in [6, 6.07) is 4.91. The van der Waals surface area contributed by atoms with E-state index < -0.39 is 6.10 Å². The van der Waals surface area contributed by atoms with Gasteiger partial charge in [-0.3, -0.25) is 4.79 Å². The lowest BCUT2D eigenvalue weighted by molar-refractivity contribution is -0.149. The van der Waals surface area contributed by atoms with Crippen LogP contribution in [0.25, 0.3) is 0 Å². The number of ketones is 1. The van der Waals surface area contributed by atoms with E-state index in [-0.39, 0.29) is 17.7 Å². The maximum Gasteiger partial charge on any atom is 0.347 e. The normalized spacial score (nSPS) is 15.3. The number of Topliss-reactive ketones (excluding diaryl/α,β-unsaturated/α-hetero) is 1. The standard InChI is InChI=1S/C15H18O5/c1-9(16)11-6-7-12(13(8-11)18-2)20-14(10-4-5-10)15(17)19-3/h6-8,10,14H,4-5H2,1-3H3. The fourth-order valence-corrected chi connectivity index (χ4v) is 1.97. The first-order chi connectivity index (χ1) is 9.56. The van der Waals surface area contributed by atoms with Gasteiger partial charge in [0, 0.05) is 11.5 Å². The molecule has 108 valence electrons. The van der Waals surface area contributed by atoms with Gasteiger partial charge in [0.1, 0.15) is 0 Å². The lowest BCUT2D eigenvalue weighted by atomic mass is 10.1. The van der Waals surface area contributed by atoms with E-state index in [4.69, 9.17) is 14.2 Å². The first kappa shape index (κ1) is 14.4. The Kier molecular flexibility index (Phi) is 4.27. The summed E-state index contributed by atoms with van der Waals surface area (Å²) in [5.74, 6) is 0.637. The van der Waals surface area contributed by atoms with Crippen molar-refractivity contribution >= 4 is 11.8 Å². The van der Waals surface area contributed by atoms with Crippen molar-refractivity contribution in [3.8, 4) is 11.5 Å². The zero-order valence-corrected chi connectivity index (χ0v) is 11.8. The number of hydrogen-bond acceptors (Lipinski definition) is 5. The molecule has 0 amide bonds. The van der Waals surface area contributed by atoms with Gasteiger partial charge in [0.2, 0.25) is 0 Å². The minimum Gasteiger partial charge on any atom is -0.493 e. The van der Waals surface area contributed by atoms with E-state index in [1.807, 2.05) is 0 Å². The second-order valence-electron chi connectivity index (χ2n) is 4.82. The molecule has 1 aliphatic rings. The van der Waals surface area contributed by atoms with Crippen LogP contribution in [0.4, 0.5) is 0 Å². The molecule has 0 saturated heterocycles. The molecule has 0 bridgehead atoms. The van der Waals surface area contributed by atoms with Crippen LogP contribution >= 0.6 is 0 Å². The van der Waals surface area contributed by atoms with Gasteiger partial charge in [-0.25, -0.2) is 4.79 Å². The number of rotatable bonds is 6. The van der Waals surface area contributed by atoms with Gasteiger partial charge in [-0.1, -0.05) is 0 Å². The van der Waals surface area contributed by atoms with Gasteiger partial charge < -0.3 is 14.2 Å². The molecule has 1 aromatic carbocycles. The molecule has 1 saturated carbocycles. The minimum atomic E-state index is -0.614. The van der Waals surface area contributed by atoms with E-state index in [9.17, 15) is 9.59 Å². The maximum atomic E-state index is 11.7. The van der Waals surface area contributed by atoms with Crippen molar-refractivity contribution in [3.05, 3.63) is 23.8 Å². The van der Waals surface area contributed by atoms with Crippen LogP contribution in [0.15, 0.2) is 18.2 Å². The van der Waals surface area contributed by atoms with Crippen molar-refractivity contribution in [1.82, 2.24) is 0 Å². The van der Waals surface area contributed by atoms with Gasteiger partial charge in [0.15, 0.2) is 23.4 Å². The Hall–Kier alpha value is -2.04. The Morgan fingerprint density at radius 1 is 1.20 bits per heavy atom. The third kappa shape index (κ3) is 3.10. The summed E-state index contributed by atoms with van der Waals surface area (Å²) in [5, 5.41) is 0. The SMILES string of the molecule is COC(=O)C(Oc1ccc(C(C)=O)cc1OC)C1CC1. The third-order valence-electron chi connectivity index (χ3n) is 3.31. The molecule has 5 nitrogen and oxygen atoms in total. The summed E-state index contributed by atoms with van der Waals surface area (Å²) in [4.78, 5) is 23.1. The van der Waals surface area contributed by atoms with E-state index in [1.54, 1.807) is 18.2 Å². The predicted molar refractivity (Wildman–Crippen MR) is 72.2 cm³/mol. The van der Waals surface area contributed by atoms with Crippen molar-refractivity contribution in [2.45, 2.75) is 25.9 Å². The van der Waals surface area contributed by atoms with Crippen LogP contribution in [-0.2, 0) is 9.53 Å². The Bertz CT molecular complexity index is 519. The number of carbonyl (C=O) groups is 2. The van der Waals surface area contributed by atoms with E-state index in [0.717, 1.165) is 12.8 Å². The van der Waals surface area contributed by atoms with Crippen molar-refractivity contribution in [3.63, 3.8) is 0 Å². The van der Waals surface area contributed by atoms with Crippen molar-refractivity contribution in [2.24, 2.45) is 5.92 Å². The smallest absolute Gasteiger partial charge is 0.347 e. The Balaban J connectivity index is 2.23. The largest absolute Gasteiger partial charge is 0.493 e. The second kappa shape index (κ2) is 5.94. The van der Waals surface area contributed by atoms with Crippen LogP contribution in [-0.4, -0.2) is 32.1 Å². The number of methoxy groups -OCH3 is 2. The average molecular weight is 278 g/mol. The van der Waals surface area contributed by atoms with Crippen LogP contribution in [0.2, 0.25) is 0 Å². The van der Waals surface area contributed by atoms with Crippen LogP contribution in [0.3, 0.4) is 0 Å². The van der Waals surface area contributed by atoms with Crippen LogP contribution in [0, 0.1) is 5.92 Å². The number of esters is 1. The van der Waals surface area contributed by atoms with E-state index in [2.05, 4.69) is 0 Å². The first-order valence-electron chi connectivity index (χ1n) is 6.50. The quantitative estimate of drug-likeness (QED) is 0.590. The minimum absolute atomic E-state index is 0.0541. The van der Waals surface area contributed by atoms with Gasteiger partial charge in [-0.05, 0) is 38.0 Å². The van der Waals surface area contributed by atoms with Crippen LogP contribution in [0.5, 0.6) is 11.5 Å². The molecule has 0 radical (unpaired) electrons. The van der Waals surface area contributed by atoms with Crippen LogP contribution < -0.4 is 9.47 Å². The Morgan fingerprint density at radius 2 is 1.90 bits per heavy atom. The highest BCUT2D eigenvalue weighted by atomic mass is 16.6. The zero-order valence-electron chi connectivity index (χ0n) is 11.8. The highest BCUT2D eigenvalue weighted by molar-refractivity contribution is 5.94. The molecule has 0 aromatic heterocycles. The average Bonchev–Trinajstić information content (AvgIpc) is 3.28. The summed E-state index contributed by atoms with van der Waals surface area (Å²) in [6.07, 6.45) is 1.29. The lowest BCUT2D eigenvalue weighted by Gasteiger charge is -2.18. The molecule has 0 spiro atoms. The Labute approximate surface area is 117 Å². The van der Waals surface area contributed by atoms with Gasteiger partial charge >= 0.3 is 5.97 Å². The topological polar surface area (TPSA) is 61.8 Å². The molecule has 1 fully saturated rings. The molecule has 20 heavy (non-hydrogen) atoms. The molecule has 2 rings (SSSR count). The highest BCUT2D eigenvalue weighted by Gasteiger charge is 2.39. The number of hydrogen-bond donors (Lipinski definition) is 0. The highest BCUT2D eigenvalue weighted by Crippen LogP contribution is 2.38. The number of ether oxygens (including phenoxy) is 3. The molecule has 0 aliphatic heterocycles. The molecule has 1 atom stereocenters. The van der Waals surface area contributed by atoms with E-state index in [0.29, 0.717) is 17.1 Å². The molecule has 1 unspecified atom stereocenters. The number of benzene rings is 1. The molecule has 1 aromatic rings. The monoisotopic (exact) mass is 278 g/mol. The third-order valence-corrected chi connectivity index (χ3v) is 3.31. The fourth-order valence-electron chi connectivity index (χ4n) is 1.97. The molecule has 5 heteroatoms. The zero-order chi connectivity index (χ0) is 14.7. The summed E-state index contributed by atoms with van der Waals surface area (Å²) in [5.41, 5.74) is 0.537. The molecular formula is C15H18O5. The van der Waals surface area contributed by atoms with E-state index >= 15 is 0 Å². The predicted octanol–water partition coefficient (Wildman–Crippen LogP) is 2.23. The van der Waals surface area contributed by atoms with Gasteiger partial charge in [-0.15, -0.1) is 0 Å². The van der Waals surface area contributed by atoms with Gasteiger partial charge in [-0.2, -0.15) is 0 Å². The van der Waals surface area contributed by atoms with Gasteiger partial charge in [0.25, 0.3) is 0 Å². The first-order valence-corrected chi connectivity index (χ1v) is 6.50. The van der Waals surface area contributed by atoms with Crippen molar-refractivity contribution < 1.29 is 23.8 Å². The summed E-state index contributed by atoms with van der Waals surface area (Å²) < 4.78 is 15.7. The number of carbonyl (C=O) groups excluding carboxylic acids is 2. The maximum absolute atomic E-state index is 11.7. The second-order valence-corrected chi connectivity index (χ2v) is 4.82. The molecule has 0 heterocycles. The van der Waals surface area contributed by atoms with Crippen molar-refractivity contribution in [2.75, 3.05) is 14.2 Å². The lowest BCUT2D eigenvalue weighted by Crippen LogP contribution is -2.30. The van der Waals surface area contributed by atoms with Crippen LogP contribution in [0.1, 0.15) is 30.1 Å². The Morgan fingerprint density at radius 3 is 2.40 bits per heavy atom. The summed E-state index contributed by atoms with van der Waals surface area (Å²) in [7, 11) is 2.84. The summed E-state index contributed by atoms with van der Waals surface area (Å²) in [6.45, 7) is 1.48. The fraction of sp³-hybridized carbons (Fsp3) is 0.467. The van der Waals surface area contributed by atoms with Gasteiger partial charge in [0.05, 0.1) is 14.2 Å².